The van der Waals surface area contributed by atoms with Crippen molar-refractivity contribution in [3.05, 3.63) is 193 Å². The molecule has 0 amide bonds. The SMILES string of the molecule is N#Cc1ccccc1-c1cc(-c2cc(-n3c4ccccc4c4c5oc6ccccc6c5ccc43)cc(-n3c4ccccc4c4c5oc6ccccc6c5ccc43)c2)ccc1C#N. The van der Waals surface area contributed by atoms with E-state index in [1.807, 2.05) is 60.7 Å². The molecule has 0 aliphatic carbocycles. The molecule has 0 saturated heterocycles. The highest BCUT2D eigenvalue weighted by atomic mass is 16.3. The number of fused-ring (bicyclic) bond motifs is 14. The van der Waals surface area contributed by atoms with Crippen LogP contribution in [0.1, 0.15) is 11.1 Å². The third kappa shape index (κ3) is 4.72. The predicted octanol–water partition coefficient (Wildman–Crippen LogP) is 14.8. The molecule has 9 aromatic carbocycles. The summed E-state index contributed by atoms with van der Waals surface area (Å²) < 4.78 is 18.0. The summed E-state index contributed by atoms with van der Waals surface area (Å²) in [7, 11) is 0. The summed E-state index contributed by atoms with van der Waals surface area (Å²) in [5.41, 5.74) is 13.8. The fourth-order valence-corrected chi connectivity index (χ4v) is 9.91. The highest BCUT2D eigenvalue weighted by Crippen LogP contribution is 2.44. The van der Waals surface area contributed by atoms with Gasteiger partial charge in [-0.15, -0.1) is 0 Å². The molecule has 13 rings (SSSR count). The normalized spacial score (nSPS) is 11.8. The van der Waals surface area contributed by atoms with Gasteiger partial charge in [-0.2, -0.15) is 10.5 Å². The smallest absolute Gasteiger partial charge is 0.145 e. The van der Waals surface area contributed by atoms with Crippen LogP contribution in [0.15, 0.2) is 191 Å². The Kier molecular flexibility index (Phi) is 7.05. The lowest BCUT2D eigenvalue weighted by Crippen LogP contribution is -2.00. The molecule has 0 unspecified atom stereocenters. The Bertz CT molecular complexity index is 3940. The van der Waals surface area contributed by atoms with Gasteiger partial charge < -0.3 is 18.0 Å². The second-order valence-electron chi connectivity index (χ2n) is 15.8. The number of hydrogen-bond donors (Lipinski definition) is 0. The van der Waals surface area contributed by atoms with Gasteiger partial charge in [0.05, 0.1) is 56.1 Å². The molecule has 6 nitrogen and oxygen atoms in total. The Morgan fingerprint density at radius 1 is 0.355 bits per heavy atom. The van der Waals surface area contributed by atoms with Crippen LogP contribution in [-0.2, 0) is 0 Å². The first-order valence-corrected chi connectivity index (χ1v) is 20.5. The van der Waals surface area contributed by atoms with Crippen LogP contribution in [0, 0.1) is 22.7 Å². The van der Waals surface area contributed by atoms with Gasteiger partial charge in [-0.3, -0.25) is 0 Å². The molecule has 0 fully saturated rings. The van der Waals surface area contributed by atoms with Crippen LogP contribution in [0.5, 0.6) is 0 Å². The van der Waals surface area contributed by atoms with Crippen LogP contribution in [0.3, 0.4) is 0 Å². The maximum absolute atomic E-state index is 10.3. The third-order valence-electron chi connectivity index (χ3n) is 12.6. The molecular formula is C56H30N4O2. The molecule has 62 heavy (non-hydrogen) atoms. The van der Waals surface area contributed by atoms with Gasteiger partial charge in [0.1, 0.15) is 22.3 Å². The summed E-state index contributed by atoms with van der Waals surface area (Å²) in [5, 5.41) is 29.1. The average Bonchev–Trinajstić information content (AvgIpc) is 4.08. The zero-order valence-electron chi connectivity index (χ0n) is 32.9. The van der Waals surface area contributed by atoms with Crippen LogP contribution in [-0.4, -0.2) is 9.13 Å². The fourth-order valence-electron chi connectivity index (χ4n) is 9.91. The molecule has 0 bridgehead atoms. The second kappa shape index (κ2) is 12.8. The van der Waals surface area contributed by atoms with Crippen LogP contribution in [0.4, 0.5) is 0 Å². The lowest BCUT2D eigenvalue weighted by molar-refractivity contribution is 0.672. The lowest BCUT2D eigenvalue weighted by Gasteiger charge is -2.17. The summed E-state index contributed by atoms with van der Waals surface area (Å²) in [6, 6.07) is 67.1. The van der Waals surface area contributed by atoms with Crippen molar-refractivity contribution >= 4 is 87.5 Å². The Morgan fingerprint density at radius 2 is 0.839 bits per heavy atom. The van der Waals surface area contributed by atoms with Gasteiger partial charge in [0.15, 0.2) is 0 Å². The minimum Gasteiger partial charge on any atom is -0.455 e. The van der Waals surface area contributed by atoms with Gasteiger partial charge in [-0.1, -0.05) is 97.1 Å². The number of benzene rings is 9. The van der Waals surface area contributed by atoms with E-state index >= 15 is 0 Å². The van der Waals surface area contributed by atoms with Gasteiger partial charge in [0, 0.05) is 54.8 Å². The number of nitriles is 2. The Morgan fingerprint density at radius 3 is 1.40 bits per heavy atom. The summed E-state index contributed by atoms with van der Waals surface area (Å²) in [5.74, 6) is 0. The van der Waals surface area contributed by atoms with E-state index in [4.69, 9.17) is 8.83 Å². The number of nitrogens with zero attached hydrogens (tertiary/aromatic N) is 4. The zero-order valence-corrected chi connectivity index (χ0v) is 32.9. The fraction of sp³-hybridized carbons (Fsp3) is 0. The molecule has 6 heteroatoms. The van der Waals surface area contributed by atoms with Crippen molar-refractivity contribution in [2.24, 2.45) is 0 Å². The number of aromatic nitrogens is 2. The predicted molar refractivity (Wildman–Crippen MR) is 250 cm³/mol. The largest absolute Gasteiger partial charge is 0.455 e. The van der Waals surface area contributed by atoms with E-state index in [1.165, 1.54) is 0 Å². The minimum absolute atomic E-state index is 0.502. The van der Waals surface area contributed by atoms with Crippen molar-refractivity contribution in [3.63, 3.8) is 0 Å². The first kappa shape index (κ1) is 34.1. The van der Waals surface area contributed by atoms with E-state index in [0.29, 0.717) is 16.7 Å². The molecule has 0 atom stereocenters. The summed E-state index contributed by atoms with van der Waals surface area (Å²) >= 11 is 0. The zero-order chi connectivity index (χ0) is 41.1. The van der Waals surface area contributed by atoms with Crippen molar-refractivity contribution < 1.29 is 8.83 Å². The van der Waals surface area contributed by atoms with Gasteiger partial charge in [0.25, 0.3) is 0 Å². The summed E-state index contributed by atoms with van der Waals surface area (Å²) in [6.07, 6.45) is 0. The van der Waals surface area contributed by atoms with Gasteiger partial charge in [-0.25, -0.2) is 0 Å². The van der Waals surface area contributed by atoms with Crippen molar-refractivity contribution in [2.75, 3.05) is 0 Å². The van der Waals surface area contributed by atoms with Gasteiger partial charge in [0.2, 0.25) is 0 Å². The Hall–Kier alpha value is -8.84. The number of furan rings is 2. The molecule has 4 heterocycles. The van der Waals surface area contributed by atoms with E-state index in [-0.39, 0.29) is 0 Å². The molecule has 0 aliphatic rings. The van der Waals surface area contributed by atoms with Crippen molar-refractivity contribution in [1.82, 2.24) is 9.13 Å². The third-order valence-corrected chi connectivity index (χ3v) is 12.6. The highest BCUT2D eigenvalue weighted by Gasteiger charge is 2.23. The maximum Gasteiger partial charge on any atom is 0.145 e. The molecule has 13 aromatic rings. The summed E-state index contributed by atoms with van der Waals surface area (Å²) in [6.45, 7) is 0. The monoisotopic (exact) mass is 790 g/mol. The van der Waals surface area contributed by atoms with Crippen LogP contribution in [0.25, 0.3) is 121 Å². The van der Waals surface area contributed by atoms with Crippen LogP contribution >= 0.6 is 0 Å². The van der Waals surface area contributed by atoms with Crippen LogP contribution < -0.4 is 0 Å². The minimum atomic E-state index is 0.502. The van der Waals surface area contributed by atoms with Crippen molar-refractivity contribution in [1.29, 1.82) is 10.5 Å². The average molecular weight is 791 g/mol. The highest BCUT2D eigenvalue weighted by molar-refractivity contribution is 6.25. The maximum atomic E-state index is 10.3. The molecule has 4 aromatic heterocycles. The molecule has 0 spiro atoms. The van der Waals surface area contributed by atoms with E-state index in [1.54, 1.807) is 6.07 Å². The Balaban J connectivity index is 1.15. The van der Waals surface area contributed by atoms with Crippen LogP contribution in [0.2, 0.25) is 0 Å². The number of rotatable bonds is 4. The van der Waals surface area contributed by atoms with Crippen molar-refractivity contribution in [3.8, 4) is 45.8 Å². The van der Waals surface area contributed by atoms with Gasteiger partial charge >= 0.3 is 0 Å². The topological polar surface area (TPSA) is 83.7 Å². The standard InChI is InChI=1S/C56H30N4O2/c57-31-34-11-1-2-12-39(34)46-29-33(21-22-35(46)32-58)36-27-37(59-47-17-7-3-15-44(47)53-49(59)25-23-42-40-13-5-9-19-51(40)61-55(42)53)30-38(28-36)60-48-18-8-4-16-45(48)54-50(60)26-24-43-41-14-6-10-20-52(41)62-56(43)54/h1-30H. The van der Waals surface area contributed by atoms with E-state index < -0.39 is 0 Å². The lowest BCUT2D eigenvalue weighted by atomic mass is 9.92. The molecule has 286 valence electrons. The van der Waals surface area contributed by atoms with E-state index in [0.717, 1.165) is 116 Å². The number of para-hydroxylation sites is 4. The molecule has 0 radical (unpaired) electrons. The molecule has 0 saturated carbocycles. The van der Waals surface area contributed by atoms with Crippen molar-refractivity contribution in [2.45, 2.75) is 0 Å². The quantitative estimate of drug-likeness (QED) is 0.178. The van der Waals surface area contributed by atoms with E-state index in [2.05, 4.69) is 137 Å². The Labute approximate surface area is 353 Å². The molecule has 0 N–H and O–H groups in total. The first-order valence-electron chi connectivity index (χ1n) is 20.5. The first-order chi connectivity index (χ1) is 30.7. The number of hydrogen-bond acceptors (Lipinski definition) is 4. The second-order valence-corrected chi connectivity index (χ2v) is 15.8. The summed E-state index contributed by atoms with van der Waals surface area (Å²) in [4.78, 5) is 0. The molecule has 0 aliphatic heterocycles. The molecular weight excluding hydrogens is 761 g/mol. The van der Waals surface area contributed by atoms with E-state index in [9.17, 15) is 10.5 Å². The van der Waals surface area contributed by atoms with Gasteiger partial charge in [-0.05, 0) is 96.1 Å².